The molecule has 1 fully saturated rings. The summed E-state index contributed by atoms with van der Waals surface area (Å²) in [4.78, 5) is 0. The number of rotatable bonds is 3. The van der Waals surface area contributed by atoms with Gasteiger partial charge in [0.15, 0.2) is 0 Å². The number of aryl methyl sites for hydroxylation is 2. The summed E-state index contributed by atoms with van der Waals surface area (Å²) in [6.45, 7) is 7.98. The molecule has 1 aliphatic rings. The molecule has 1 saturated carbocycles. The van der Waals surface area contributed by atoms with E-state index in [1.807, 2.05) is 26.0 Å². The number of aliphatic hydroxyl groups is 2. The molecule has 1 aliphatic carbocycles. The Bertz CT molecular complexity index is 469. The third kappa shape index (κ3) is 3.02. The van der Waals surface area contributed by atoms with Crippen molar-refractivity contribution in [3.63, 3.8) is 0 Å². The van der Waals surface area contributed by atoms with Crippen molar-refractivity contribution in [2.45, 2.75) is 51.7 Å². The van der Waals surface area contributed by atoms with Crippen LogP contribution < -0.4 is 4.74 Å². The second kappa shape index (κ2) is 5.32. The average molecular weight is 343 g/mol. The zero-order valence-corrected chi connectivity index (χ0v) is 14.1. The molecule has 0 aliphatic heterocycles. The lowest BCUT2D eigenvalue weighted by atomic mass is 9.90. The first kappa shape index (κ1) is 15.8. The maximum Gasteiger partial charge on any atom is 0.119 e. The molecule has 3 atom stereocenters. The van der Waals surface area contributed by atoms with E-state index in [0.717, 1.165) is 21.3 Å². The molecule has 0 amide bonds. The third-order valence-corrected chi connectivity index (χ3v) is 5.68. The minimum absolute atomic E-state index is 0.171. The van der Waals surface area contributed by atoms with Crippen LogP contribution in [0.15, 0.2) is 16.6 Å². The van der Waals surface area contributed by atoms with E-state index in [4.69, 9.17) is 4.74 Å². The van der Waals surface area contributed by atoms with Gasteiger partial charge in [0.25, 0.3) is 0 Å². The molecule has 0 heterocycles. The number of halogens is 1. The molecular formula is C16H23BrO3. The zero-order chi connectivity index (χ0) is 15.1. The summed E-state index contributed by atoms with van der Waals surface area (Å²) in [6.07, 6.45) is 1.13. The monoisotopic (exact) mass is 342 g/mol. The van der Waals surface area contributed by atoms with Crippen molar-refractivity contribution in [1.29, 1.82) is 0 Å². The van der Waals surface area contributed by atoms with Crippen molar-refractivity contribution < 1.29 is 14.9 Å². The van der Waals surface area contributed by atoms with Gasteiger partial charge in [-0.1, -0.05) is 15.9 Å². The first-order chi connectivity index (χ1) is 9.12. The largest absolute Gasteiger partial charge is 0.493 e. The third-order valence-electron chi connectivity index (χ3n) is 4.43. The molecule has 2 unspecified atom stereocenters. The van der Waals surface area contributed by atoms with Gasteiger partial charge in [0.1, 0.15) is 5.75 Å². The summed E-state index contributed by atoms with van der Waals surface area (Å²) in [6, 6.07) is 4.00. The lowest BCUT2D eigenvalue weighted by molar-refractivity contribution is -0.107. The highest BCUT2D eigenvalue weighted by molar-refractivity contribution is 9.10. The first-order valence-electron chi connectivity index (χ1n) is 6.97. The predicted octanol–water partition coefficient (Wildman–Crippen LogP) is 3.36. The maximum absolute atomic E-state index is 10.2. The van der Waals surface area contributed by atoms with Crippen molar-refractivity contribution in [2.24, 2.45) is 5.92 Å². The van der Waals surface area contributed by atoms with Crippen LogP contribution in [0.4, 0.5) is 0 Å². The number of ether oxygens (including phenoxy) is 1. The van der Waals surface area contributed by atoms with E-state index < -0.39 is 11.2 Å². The quantitative estimate of drug-likeness (QED) is 0.885. The van der Waals surface area contributed by atoms with Gasteiger partial charge in [-0.05, 0) is 69.7 Å². The summed E-state index contributed by atoms with van der Waals surface area (Å²) >= 11 is 3.54. The van der Waals surface area contributed by atoms with Gasteiger partial charge in [-0.15, -0.1) is 0 Å². The fourth-order valence-corrected chi connectivity index (χ4v) is 3.19. The van der Waals surface area contributed by atoms with E-state index in [-0.39, 0.29) is 5.92 Å². The SMILES string of the molecule is Cc1cc(OCC2CC(C)(O)[C@@](C)(O)C2)cc(C)c1Br. The molecule has 0 radical (unpaired) electrons. The molecule has 0 spiro atoms. The summed E-state index contributed by atoms with van der Waals surface area (Å²) in [7, 11) is 0. The average Bonchev–Trinajstić information content (AvgIpc) is 2.52. The molecule has 4 heteroatoms. The molecule has 0 aromatic heterocycles. The van der Waals surface area contributed by atoms with Crippen LogP contribution in [-0.2, 0) is 0 Å². The van der Waals surface area contributed by atoms with Gasteiger partial charge in [0, 0.05) is 4.47 Å². The van der Waals surface area contributed by atoms with E-state index in [2.05, 4.69) is 15.9 Å². The van der Waals surface area contributed by atoms with Crippen molar-refractivity contribution in [3.8, 4) is 5.75 Å². The minimum atomic E-state index is -1.04. The van der Waals surface area contributed by atoms with E-state index >= 15 is 0 Å². The highest BCUT2D eigenvalue weighted by Crippen LogP contribution is 2.42. The van der Waals surface area contributed by atoms with Crippen LogP contribution in [0.2, 0.25) is 0 Å². The van der Waals surface area contributed by atoms with Gasteiger partial charge in [-0.3, -0.25) is 0 Å². The Morgan fingerprint density at radius 1 is 1.15 bits per heavy atom. The number of benzene rings is 1. The van der Waals surface area contributed by atoms with Crippen LogP contribution in [0.1, 0.15) is 37.8 Å². The van der Waals surface area contributed by atoms with Crippen LogP contribution in [0, 0.1) is 19.8 Å². The second-order valence-corrected chi connectivity index (χ2v) is 7.30. The van der Waals surface area contributed by atoms with Gasteiger partial charge in [0.05, 0.1) is 17.8 Å². The van der Waals surface area contributed by atoms with E-state index in [0.29, 0.717) is 19.4 Å². The minimum Gasteiger partial charge on any atom is -0.493 e. The smallest absolute Gasteiger partial charge is 0.119 e. The topological polar surface area (TPSA) is 49.7 Å². The Morgan fingerprint density at radius 3 is 2.05 bits per heavy atom. The molecule has 20 heavy (non-hydrogen) atoms. The Labute approximate surface area is 129 Å². The molecule has 112 valence electrons. The summed E-state index contributed by atoms with van der Waals surface area (Å²) in [5, 5.41) is 20.4. The number of hydrogen-bond acceptors (Lipinski definition) is 3. The Kier molecular flexibility index (Phi) is 4.20. The molecule has 2 rings (SSSR count). The van der Waals surface area contributed by atoms with Crippen molar-refractivity contribution in [2.75, 3.05) is 6.61 Å². The van der Waals surface area contributed by atoms with E-state index in [1.165, 1.54) is 0 Å². The fourth-order valence-electron chi connectivity index (χ4n) is 2.96. The van der Waals surface area contributed by atoms with Crippen LogP contribution in [0.5, 0.6) is 5.75 Å². The van der Waals surface area contributed by atoms with Crippen LogP contribution in [0.3, 0.4) is 0 Å². The maximum atomic E-state index is 10.2. The molecule has 2 N–H and O–H groups in total. The molecule has 1 aromatic rings. The molecule has 0 saturated heterocycles. The standard InChI is InChI=1S/C16H23BrO3/c1-10-5-13(6-11(2)14(10)17)20-9-12-7-15(3,18)16(4,19)8-12/h5-6,12,18-19H,7-9H2,1-4H3/t12?,15-,16?/m0/s1. The molecule has 0 bridgehead atoms. The lowest BCUT2D eigenvalue weighted by Crippen LogP contribution is -2.44. The van der Waals surface area contributed by atoms with Gasteiger partial charge >= 0.3 is 0 Å². The Hall–Kier alpha value is -0.580. The lowest BCUT2D eigenvalue weighted by Gasteiger charge is -2.31. The zero-order valence-electron chi connectivity index (χ0n) is 12.5. The van der Waals surface area contributed by atoms with Crippen molar-refractivity contribution in [1.82, 2.24) is 0 Å². The molecule has 1 aromatic carbocycles. The Balaban J connectivity index is 2.01. The summed E-state index contributed by atoms with van der Waals surface area (Å²) < 4.78 is 6.96. The van der Waals surface area contributed by atoms with E-state index in [9.17, 15) is 10.2 Å². The molecule has 3 nitrogen and oxygen atoms in total. The predicted molar refractivity (Wildman–Crippen MR) is 83.1 cm³/mol. The Morgan fingerprint density at radius 2 is 1.60 bits per heavy atom. The van der Waals surface area contributed by atoms with Crippen molar-refractivity contribution in [3.05, 3.63) is 27.7 Å². The highest BCUT2D eigenvalue weighted by Gasteiger charge is 2.50. The van der Waals surface area contributed by atoms with Crippen LogP contribution in [-0.4, -0.2) is 28.0 Å². The van der Waals surface area contributed by atoms with Gasteiger partial charge in [0.2, 0.25) is 0 Å². The second-order valence-electron chi connectivity index (χ2n) is 6.50. The van der Waals surface area contributed by atoms with Crippen LogP contribution in [0.25, 0.3) is 0 Å². The summed E-state index contributed by atoms with van der Waals surface area (Å²) in [5.74, 6) is 1.01. The first-order valence-corrected chi connectivity index (χ1v) is 7.76. The van der Waals surface area contributed by atoms with Crippen molar-refractivity contribution >= 4 is 15.9 Å². The van der Waals surface area contributed by atoms with Gasteiger partial charge in [-0.25, -0.2) is 0 Å². The summed E-state index contributed by atoms with van der Waals surface area (Å²) in [5.41, 5.74) is 0.218. The highest BCUT2D eigenvalue weighted by atomic mass is 79.9. The normalized spacial score (nSPS) is 33.5. The number of hydrogen-bond donors (Lipinski definition) is 2. The molecular weight excluding hydrogens is 320 g/mol. The fraction of sp³-hybridized carbons (Fsp3) is 0.625. The van der Waals surface area contributed by atoms with E-state index in [1.54, 1.807) is 13.8 Å². The van der Waals surface area contributed by atoms with Gasteiger partial charge in [-0.2, -0.15) is 0 Å². The van der Waals surface area contributed by atoms with Crippen LogP contribution >= 0.6 is 15.9 Å². The van der Waals surface area contributed by atoms with Gasteiger partial charge < -0.3 is 14.9 Å².